The molecule has 0 radical (unpaired) electrons. The van der Waals surface area contributed by atoms with E-state index in [0.29, 0.717) is 31.9 Å². The van der Waals surface area contributed by atoms with Gasteiger partial charge in [-0.2, -0.15) is 4.31 Å². The number of carbonyl (C=O) groups is 2. The number of piperidine rings is 1. The average molecular weight is 500 g/mol. The molecule has 2 aromatic carbocycles. The van der Waals surface area contributed by atoms with Crippen LogP contribution in [0.25, 0.3) is 0 Å². The molecule has 10 heteroatoms. The lowest BCUT2D eigenvalue weighted by Gasteiger charge is -2.35. The third-order valence-corrected chi connectivity index (χ3v) is 8.34. The molecule has 0 unspecified atom stereocenters. The summed E-state index contributed by atoms with van der Waals surface area (Å²) >= 11 is 0. The molecular formula is C25H33N5O4S. The smallest absolute Gasteiger partial charge is 0.248 e. The fraction of sp³-hybridized carbons (Fsp3) is 0.440. The third-order valence-electron chi connectivity index (χ3n) is 6.56. The lowest BCUT2D eigenvalue weighted by atomic mass is 10.1. The molecule has 0 spiro atoms. The van der Waals surface area contributed by atoms with Crippen LogP contribution >= 0.6 is 0 Å². The van der Waals surface area contributed by atoms with Crippen LogP contribution in [0.1, 0.15) is 35.2 Å². The molecule has 4 rings (SSSR count). The third kappa shape index (κ3) is 6.12. The molecule has 0 atom stereocenters. The molecule has 2 heterocycles. The summed E-state index contributed by atoms with van der Waals surface area (Å²) in [5.41, 5.74) is 9.09. The maximum atomic E-state index is 13.0. The maximum Gasteiger partial charge on any atom is 0.248 e. The number of hydrogen-bond acceptors (Lipinski definition) is 6. The van der Waals surface area contributed by atoms with E-state index < -0.39 is 27.6 Å². The summed E-state index contributed by atoms with van der Waals surface area (Å²) in [5.74, 6) is -1.90. The Morgan fingerprint density at radius 3 is 2.29 bits per heavy atom. The molecule has 9 nitrogen and oxygen atoms in total. The Bertz CT molecular complexity index is 1190. The summed E-state index contributed by atoms with van der Waals surface area (Å²) in [6, 6.07) is 13.0. The van der Waals surface area contributed by atoms with Crippen molar-refractivity contribution in [3.63, 3.8) is 0 Å². The monoisotopic (exact) mass is 499 g/mol. The minimum atomic E-state index is -3.79. The highest BCUT2D eigenvalue weighted by Gasteiger charge is 2.29. The number of rotatable bonds is 7. The highest BCUT2D eigenvalue weighted by atomic mass is 32.2. The summed E-state index contributed by atoms with van der Waals surface area (Å²) in [5, 5.41) is 2.73. The van der Waals surface area contributed by atoms with Crippen LogP contribution in [0.2, 0.25) is 0 Å². The topological polar surface area (TPSA) is 116 Å². The van der Waals surface area contributed by atoms with Crippen LogP contribution in [-0.4, -0.2) is 69.6 Å². The number of benzene rings is 2. The Balaban J connectivity index is 1.42. The Labute approximate surface area is 206 Å². The zero-order valence-electron chi connectivity index (χ0n) is 20.1. The first kappa shape index (κ1) is 25.0. The molecule has 35 heavy (non-hydrogen) atoms. The molecule has 2 amide bonds. The van der Waals surface area contributed by atoms with Crippen LogP contribution in [0.3, 0.4) is 0 Å². The summed E-state index contributed by atoms with van der Waals surface area (Å²) < 4.78 is 27.4. The second kappa shape index (κ2) is 10.7. The molecule has 0 aromatic heterocycles. The van der Waals surface area contributed by atoms with Gasteiger partial charge in [0.05, 0.1) is 11.4 Å². The lowest BCUT2D eigenvalue weighted by Crippen LogP contribution is -2.50. The Morgan fingerprint density at radius 1 is 0.914 bits per heavy atom. The van der Waals surface area contributed by atoms with Gasteiger partial charge in [-0.3, -0.25) is 9.59 Å². The molecule has 2 aliphatic heterocycles. The number of sulfonamides is 1. The van der Waals surface area contributed by atoms with Crippen molar-refractivity contribution >= 4 is 38.9 Å². The van der Waals surface area contributed by atoms with Gasteiger partial charge < -0.3 is 20.9 Å². The van der Waals surface area contributed by atoms with Crippen molar-refractivity contribution in [1.29, 1.82) is 0 Å². The maximum absolute atomic E-state index is 13.0. The number of aryl methyl sites for hydroxylation is 1. The number of piperazine rings is 1. The quantitative estimate of drug-likeness (QED) is 0.603. The molecule has 0 saturated carbocycles. The molecule has 2 aromatic rings. The first-order chi connectivity index (χ1) is 16.7. The standard InChI is InChI=1S/C25H33N5O4S/c1-19-6-5-7-21(16-19)28-12-14-30(15-13-28)35(33,34)18-24(31)27-22-17-20(25(26)32)8-9-23(22)29-10-3-2-4-11-29/h5-9,16-17H,2-4,10-15,18H2,1H3,(H2,26,32)(H,27,31). The summed E-state index contributed by atoms with van der Waals surface area (Å²) in [6.07, 6.45) is 3.22. The zero-order valence-corrected chi connectivity index (χ0v) is 20.9. The number of amides is 2. The van der Waals surface area contributed by atoms with Crippen molar-refractivity contribution in [1.82, 2.24) is 4.31 Å². The van der Waals surface area contributed by atoms with Gasteiger partial charge in [0.2, 0.25) is 21.8 Å². The van der Waals surface area contributed by atoms with Gasteiger partial charge in [-0.25, -0.2) is 8.42 Å². The van der Waals surface area contributed by atoms with E-state index in [1.165, 1.54) is 10.4 Å². The molecule has 2 fully saturated rings. The molecular weight excluding hydrogens is 466 g/mol. The zero-order chi connectivity index (χ0) is 25.0. The number of primary amides is 1. The largest absolute Gasteiger partial charge is 0.370 e. The first-order valence-electron chi connectivity index (χ1n) is 12.0. The van der Waals surface area contributed by atoms with Crippen molar-refractivity contribution in [2.75, 3.05) is 60.1 Å². The van der Waals surface area contributed by atoms with E-state index >= 15 is 0 Å². The van der Waals surface area contributed by atoms with Gasteiger partial charge in [0.1, 0.15) is 5.75 Å². The minimum absolute atomic E-state index is 0.260. The Hall–Kier alpha value is -3.11. The number of anilines is 3. The molecule has 2 aliphatic rings. The van der Waals surface area contributed by atoms with Gasteiger partial charge in [-0.05, 0) is 62.1 Å². The van der Waals surface area contributed by atoms with Crippen molar-refractivity contribution in [3.8, 4) is 0 Å². The van der Waals surface area contributed by atoms with E-state index in [0.717, 1.165) is 49.3 Å². The molecule has 0 aliphatic carbocycles. The summed E-state index contributed by atoms with van der Waals surface area (Å²) in [7, 11) is -3.79. The minimum Gasteiger partial charge on any atom is -0.370 e. The van der Waals surface area contributed by atoms with Gasteiger partial charge in [0.15, 0.2) is 0 Å². The Kier molecular flexibility index (Phi) is 7.61. The van der Waals surface area contributed by atoms with Crippen LogP contribution < -0.4 is 20.9 Å². The van der Waals surface area contributed by atoms with Crippen molar-refractivity contribution < 1.29 is 18.0 Å². The second-order valence-electron chi connectivity index (χ2n) is 9.17. The number of carbonyl (C=O) groups excluding carboxylic acids is 2. The number of nitrogens with one attached hydrogen (secondary N) is 1. The fourth-order valence-electron chi connectivity index (χ4n) is 4.69. The van der Waals surface area contributed by atoms with Crippen LogP contribution in [0.5, 0.6) is 0 Å². The summed E-state index contributed by atoms with van der Waals surface area (Å²) in [4.78, 5) is 28.8. The van der Waals surface area contributed by atoms with E-state index in [1.807, 2.05) is 25.1 Å². The van der Waals surface area contributed by atoms with Gasteiger partial charge in [0.25, 0.3) is 0 Å². The molecule has 2 saturated heterocycles. The van der Waals surface area contributed by atoms with Crippen molar-refractivity contribution in [3.05, 3.63) is 53.6 Å². The normalized spacial score (nSPS) is 17.3. The van der Waals surface area contributed by atoms with Gasteiger partial charge in [-0.15, -0.1) is 0 Å². The van der Waals surface area contributed by atoms with Crippen molar-refractivity contribution in [2.24, 2.45) is 5.73 Å². The van der Waals surface area contributed by atoms with Gasteiger partial charge in [0, 0.05) is 50.5 Å². The number of nitrogens with two attached hydrogens (primary N) is 1. The number of nitrogens with zero attached hydrogens (tertiary/aromatic N) is 3. The van der Waals surface area contributed by atoms with Crippen LogP contribution in [0, 0.1) is 6.92 Å². The van der Waals surface area contributed by atoms with E-state index in [1.54, 1.807) is 12.1 Å². The second-order valence-corrected chi connectivity index (χ2v) is 11.1. The fourth-order valence-corrected chi connectivity index (χ4v) is 6.00. The lowest BCUT2D eigenvalue weighted by molar-refractivity contribution is -0.113. The van der Waals surface area contributed by atoms with E-state index in [-0.39, 0.29) is 5.56 Å². The van der Waals surface area contributed by atoms with E-state index in [9.17, 15) is 18.0 Å². The summed E-state index contributed by atoms with van der Waals surface area (Å²) in [6.45, 7) is 5.46. The Morgan fingerprint density at radius 2 is 1.63 bits per heavy atom. The van der Waals surface area contributed by atoms with E-state index in [2.05, 4.69) is 21.2 Å². The molecule has 3 N–H and O–H groups in total. The van der Waals surface area contributed by atoms with Crippen LogP contribution in [-0.2, 0) is 14.8 Å². The highest BCUT2D eigenvalue weighted by Crippen LogP contribution is 2.30. The number of hydrogen-bond donors (Lipinski definition) is 2. The van der Waals surface area contributed by atoms with E-state index in [4.69, 9.17) is 5.73 Å². The highest BCUT2D eigenvalue weighted by molar-refractivity contribution is 7.89. The predicted octanol–water partition coefficient (Wildman–Crippen LogP) is 2.17. The molecule has 188 valence electrons. The first-order valence-corrected chi connectivity index (χ1v) is 13.6. The van der Waals surface area contributed by atoms with Crippen LogP contribution in [0.15, 0.2) is 42.5 Å². The average Bonchev–Trinajstić information content (AvgIpc) is 2.84. The van der Waals surface area contributed by atoms with Gasteiger partial charge >= 0.3 is 0 Å². The van der Waals surface area contributed by atoms with Gasteiger partial charge in [-0.1, -0.05) is 12.1 Å². The van der Waals surface area contributed by atoms with Crippen molar-refractivity contribution in [2.45, 2.75) is 26.2 Å². The van der Waals surface area contributed by atoms with Crippen LogP contribution in [0.4, 0.5) is 17.1 Å². The molecule has 0 bridgehead atoms. The SMILES string of the molecule is Cc1cccc(N2CCN(S(=O)(=O)CC(=O)Nc3cc(C(N)=O)ccc3N3CCCCC3)CC2)c1. The predicted molar refractivity (Wildman–Crippen MR) is 138 cm³/mol.